The lowest BCUT2D eigenvalue weighted by atomic mass is 9.98. The Balaban J connectivity index is 1.71. The summed E-state index contributed by atoms with van der Waals surface area (Å²) in [6.45, 7) is 6.77. The van der Waals surface area contributed by atoms with Crippen LogP contribution >= 0.6 is 0 Å². The number of ether oxygens (including phenoxy) is 2. The third-order valence-electron chi connectivity index (χ3n) is 4.78. The molecule has 4 heteroatoms. The molecule has 0 saturated heterocycles. The van der Waals surface area contributed by atoms with Crippen molar-refractivity contribution in [1.29, 1.82) is 0 Å². The van der Waals surface area contributed by atoms with Gasteiger partial charge in [0.15, 0.2) is 0 Å². The number of hydrogen-bond donors (Lipinski definition) is 1. The van der Waals surface area contributed by atoms with Crippen LogP contribution in [0.2, 0.25) is 0 Å². The van der Waals surface area contributed by atoms with E-state index in [1.165, 1.54) is 5.56 Å². The van der Waals surface area contributed by atoms with E-state index in [1.54, 1.807) is 0 Å². The molecule has 3 rings (SSSR count). The molecular weight excluding hydrogens is 328 g/mol. The number of aryl methyl sites for hydroxylation is 2. The van der Waals surface area contributed by atoms with E-state index in [9.17, 15) is 4.79 Å². The van der Waals surface area contributed by atoms with E-state index in [-0.39, 0.29) is 12.0 Å². The fourth-order valence-electron chi connectivity index (χ4n) is 3.47. The van der Waals surface area contributed by atoms with Gasteiger partial charge in [0.1, 0.15) is 23.7 Å². The topological polar surface area (TPSA) is 55.8 Å². The molecule has 26 heavy (non-hydrogen) atoms. The van der Waals surface area contributed by atoms with Gasteiger partial charge in [0, 0.05) is 18.4 Å². The highest BCUT2D eigenvalue weighted by Crippen LogP contribution is 2.37. The van der Waals surface area contributed by atoms with Gasteiger partial charge in [-0.1, -0.05) is 25.1 Å². The monoisotopic (exact) mass is 354 g/mol. The fourth-order valence-corrected chi connectivity index (χ4v) is 3.47. The largest absolute Gasteiger partial charge is 0.489 e. The van der Waals surface area contributed by atoms with Crippen molar-refractivity contribution in [3.8, 4) is 11.5 Å². The quantitative estimate of drug-likeness (QED) is 0.792. The van der Waals surface area contributed by atoms with Gasteiger partial charge in [0.25, 0.3) is 0 Å². The molecule has 1 aliphatic rings. The summed E-state index contributed by atoms with van der Waals surface area (Å²) in [5.41, 5.74) is 4.44. The summed E-state index contributed by atoms with van der Waals surface area (Å²) in [6, 6.07) is 12.1. The summed E-state index contributed by atoms with van der Waals surface area (Å²) in [5, 5.41) is 8.88. The van der Waals surface area contributed by atoms with Gasteiger partial charge < -0.3 is 14.6 Å². The van der Waals surface area contributed by atoms with E-state index in [0.29, 0.717) is 13.0 Å². The predicted octanol–water partition coefficient (Wildman–Crippen LogP) is 4.56. The Morgan fingerprint density at radius 1 is 1.19 bits per heavy atom. The van der Waals surface area contributed by atoms with Crippen LogP contribution in [0.15, 0.2) is 36.4 Å². The SMILES string of the molecule is CCc1cc(OCc2cccc3c2CC(C)(C)O3)ccc1CCC(=O)O. The average Bonchev–Trinajstić information content (AvgIpc) is 2.92. The van der Waals surface area contributed by atoms with Gasteiger partial charge in [-0.05, 0) is 61.6 Å². The molecule has 0 spiro atoms. The molecule has 138 valence electrons. The molecule has 0 unspecified atom stereocenters. The molecule has 0 radical (unpaired) electrons. The molecule has 1 N–H and O–H groups in total. The zero-order valence-electron chi connectivity index (χ0n) is 15.7. The van der Waals surface area contributed by atoms with Gasteiger partial charge in [-0.25, -0.2) is 0 Å². The number of aliphatic carboxylic acids is 1. The van der Waals surface area contributed by atoms with Gasteiger partial charge in [-0.2, -0.15) is 0 Å². The van der Waals surface area contributed by atoms with E-state index in [0.717, 1.165) is 41.0 Å². The molecular formula is C22H26O4. The summed E-state index contributed by atoms with van der Waals surface area (Å²) in [4.78, 5) is 10.8. The first-order chi connectivity index (χ1) is 12.4. The lowest BCUT2D eigenvalue weighted by molar-refractivity contribution is -0.136. The Kier molecular flexibility index (Phi) is 5.21. The maximum Gasteiger partial charge on any atom is 0.303 e. The second kappa shape index (κ2) is 7.40. The first-order valence-corrected chi connectivity index (χ1v) is 9.14. The van der Waals surface area contributed by atoms with Crippen molar-refractivity contribution >= 4 is 5.97 Å². The van der Waals surface area contributed by atoms with Crippen molar-refractivity contribution in [2.75, 3.05) is 0 Å². The first kappa shape index (κ1) is 18.3. The first-order valence-electron chi connectivity index (χ1n) is 9.14. The predicted molar refractivity (Wildman–Crippen MR) is 101 cm³/mol. The van der Waals surface area contributed by atoms with Crippen molar-refractivity contribution in [2.24, 2.45) is 0 Å². The fraction of sp³-hybridized carbons (Fsp3) is 0.409. The Labute approximate surface area is 154 Å². The molecule has 4 nitrogen and oxygen atoms in total. The van der Waals surface area contributed by atoms with Crippen LogP contribution in [0.5, 0.6) is 11.5 Å². The minimum absolute atomic E-state index is 0.152. The van der Waals surface area contributed by atoms with Crippen LogP contribution in [0.3, 0.4) is 0 Å². The molecule has 0 aromatic heterocycles. The van der Waals surface area contributed by atoms with Crippen molar-refractivity contribution in [3.05, 3.63) is 58.7 Å². The van der Waals surface area contributed by atoms with E-state index >= 15 is 0 Å². The normalized spacial score (nSPS) is 14.6. The van der Waals surface area contributed by atoms with E-state index in [4.69, 9.17) is 14.6 Å². The number of fused-ring (bicyclic) bond motifs is 1. The molecule has 0 amide bonds. The summed E-state index contributed by atoms with van der Waals surface area (Å²) in [5.74, 6) is 1.00. The Hall–Kier alpha value is -2.49. The smallest absolute Gasteiger partial charge is 0.303 e. The Morgan fingerprint density at radius 2 is 2.00 bits per heavy atom. The molecule has 2 aromatic carbocycles. The number of benzene rings is 2. The van der Waals surface area contributed by atoms with E-state index < -0.39 is 5.97 Å². The number of carbonyl (C=O) groups is 1. The summed E-state index contributed by atoms with van der Waals surface area (Å²) in [7, 11) is 0. The number of carboxylic acids is 1. The van der Waals surface area contributed by atoms with Gasteiger partial charge in [-0.15, -0.1) is 0 Å². The van der Waals surface area contributed by atoms with Crippen LogP contribution in [-0.4, -0.2) is 16.7 Å². The van der Waals surface area contributed by atoms with Crippen molar-refractivity contribution in [2.45, 2.75) is 58.7 Å². The number of carboxylic acid groups (broad SMARTS) is 1. The zero-order chi connectivity index (χ0) is 18.7. The summed E-state index contributed by atoms with van der Waals surface area (Å²) in [6.07, 6.45) is 2.45. The molecule has 0 fully saturated rings. The number of rotatable bonds is 7. The van der Waals surface area contributed by atoms with Crippen molar-refractivity contribution in [3.63, 3.8) is 0 Å². The van der Waals surface area contributed by atoms with Crippen molar-refractivity contribution < 1.29 is 19.4 Å². The second-order valence-corrected chi connectivity index (χ2v) is 7.40. The van der Waals surface area contributed by atoms with Crippen LogP contribution in [0.1, 0.15) is 49.4 Å². The summed E-state index contributed by atoms with van der Waals surface area (Å²) >= 11 is 0. The lowest BCUT2D eigenvalue weighted by Gasteiger charge is -2.16. The van der Waals surface area contributed by atoms with Gasteiger partial charge >= 0.3 is 5.97 Å². The molecule has 0 saturated carbocycles. The third kappa shape index (κ3) is 4.18. The molecule has 1 aliphatic heterocycles. The second-order valence-electron chi connectivity index (χ2n) is 7.40. The maximum absolute atomic E-state index is 10.8. The van der Waals surface area contributed by atoms with E-state index in [2.05, 4.69) is 26.8 Å². The van der Waals surface area contributed by atoms with Gasteiger partial charge in [0.05, 0.1) is 0 Å². The van der Waals surface area contributed by atoms with Crippen molar-refractivity contribution in [1.82, 2.24) is 0 Å². The number of hydrogen-bond acceptors (Lipinski definition) is 3. The Bertz CT molecular complexity index is 808. The van der Waals surface area contributed by atoms with Crippen LogP contribution in [0.25, 0.3) is 0 Å². The van der Waals surface area contributed by atoms with Gasteiger partial charge in [-0.3, -0.25) is 4.79 Å². The van der Waals surface area contributed by atoms with Crippen LogP contribution in [-0.2, 0) is 30.7 Å². The maximum atomic E-state index is 10.8. The summed E-state index contributed by atoms with van der Waals surface area (Å²) < 4.78 is 12.0. The minimum atomic E-state index is -0.768. The minimum Gasteiger partial charge on any atom is -0.489 e. The Morgan fingerprint density at radius 3 is 2.73 bits per heavy atom. The molecule has 1 heterocycles. The molecule has 2 aromatic rings. The highest BCUT2D eigenvalue weighted by Gasteiger charge is 2.31. The van der Waals surface area contributed by atoms with E-state index in [1.807, 2.05) is 30.3 Å². The molecule has 0 bridgehead atoms. The van der Waals surface area contributed by atoms with Gasteiger partial charge in [0.2, 0.25) is 0 Å². The average molecular weight is 354 g/mol. The standard InChI is InChI=1S/C22H26O4/c1-4-15-12-18(10-8-16(15)9-11-21(23)24)25-14-17-6-5-7-20-19(17)13-22(2,3)26-20/h5-8,10,12H,4,9,11,13-14H2,1-3H3,(H,23,24). The van der Waals surface area contributed by atoms with Crippen LogP contribution in [0.4, 0.5) is 0 Å². The third-order valence-corrected chi connectivity index (χ3v) is 4.78. The molecule has 0 aliphatic carbocycles. The van der Waals surface area contributed by atoms with Crippen LogP contribution in [0, 0.1) is 0 Å². The van der Waals surface area contributed by atoms with Crippen LogP contribution < -0.4 is 9.47 Å². The highest BCUT2D eigenvalue weighted by atomic mass is 16.5. The zero-order valence-corrected chi connectivity index (χ0v) is 15.7. The lowest BCUT2D eigenvalue weighted by Crippen LogP contribution is -2.24. The molecule has 0 atom stereocenters. The highest BCUT2D eigenvalue weighted by molar-refractivity contribution is 5.67.